The second kappa shape index (κ2) is 5.70. The van der Waals surface area contributed by atoms with Crippen LogP contribution in [0.25, 0.3) is 0 Å². The average Bonchev–Trinajstić information content (AvgIpc) is 2.93. The van der Waals surface area contributed by atoms with Gasteiger partial charge in [0.15, 0.2) is 0 Å². The van der Waals surface area contributed by atoms with Gasteiger partial charge < -0.3 is 10.6 Å². The molecular formula is C14H18Cl2N2O. The van der Waals surface area contributed by atoms with E-state index in [4.69, 9.17) is 11.6 Å². The molecule has 19 heavy (non-hydrogen) atoms. The highest BCUT2D eigenvalue weighted by Crippen LogP contribution is 2.46. The van der Waals surface area contributed by atoms with Crippen LogP contribution in [0.5, 0.6) is 0 Å². The number of carbonyl (C=O) groups is 1. The van der Waals surface area contributed by atoms with Crippen molar-refractivity contribution < 1.29 is 4.79 Å². The van der Waals surface area contributed by atoms with Crippen molar-refractivity contribution in [3.8, 4) is 0 Å². The summed E-state index contributed by atoms with van der Waals surface area (Å²) in [6.45, 7) is 1.75. The van der Waals surface area contributed by atoms with E-state index < -0.39 is 0 Å². The largest absolute Gasteiger partial charge is 0.346 e. The SMILES string of the molecule is Cl.O=C(NC1(c2cccc(Cl)c2)CC1)C1CCNC1. The summed E-state index contributed by atoms with van der Waals surface area (Å²) in [6.07, 6.45) is 2.97. The van der Waals surface area contributed by atoms with Crippen LogP contribution in [0.2, 0.25) is 5.02 Å². The number of hydrogen-bond acceptors (Lipinski definition) is 2. The van der Waals surface area contributed by atoms with Gasteiger partial charge in [-0.05, 0) is 43.5 Å². The van der Waals surface area contributed by atoms with Crippen LogP contribution < -0.4 is 10.6 Å². The summed E-state index contributed by atoms with van der Waals surface area (Å²) in [5.74, 6) is 0.305. The monoisotopic (exact) mass is 300 g/mol. The van der Waals surface area contributed by atoms with E-state index in [9.17, 15) is 4.79 Å². The van der Waals surface area contributed by atoms with E-state index in [-0.39, 0.29) is 29.8 Å². The Morgan fingerprint density at radius 2 is 2.21 bits per heavy atom. The van der Waals surface area contributed by atoms with E-state index in [0.717, 1.165) is 42.9 Å². The van der Waals surface area contributed by atoms with Crippen molar-refractivity contribution in [3.05, 3.63) is 34.9 Å². The van der Waals surface area contributed by atoms with Crippen LogP contribution in [-0.2, 0) is 10.3 Å². The van der Waals surface area contributed by atoms with Crippen LogP contribution in [0, 0.1) is 5.92 Å². The quantitative estimate of drug-likeness (QED) is 0.900. The summed E-state index contributed by atoms with van der Waals surface area (Å²) in [4.78, 5) is 12.2. The Balaban J connectivity index is 0.00000133. The van der Waals surface area contributed by atoms with Crippen LogP contribution in [-0.4, -0.2) is 19.0 Å². The average molecular weight is 301 g/mol. The Morgan fingerprint density at radius 3 is 2.79 bits per heavy atom. The zero-order valence-corrected chi connectivity index (χ0v) is 12.2. The Kier molecular flexibility index (Phi) is 4.39. The van der Waals surface area contributed by atoms with E-state index in [0.29, 0.717) is 0 Å². The summed E-state index contributed by atoms with van der Waals surface area (Å²) in [6, 6.07) is 7.82. The Morgan fingerprint density at radius 1 is 1.42 bits per heavy atom. The van der Waals surface area contributed by atoms with E-state index in [1.54, 1.807) is 0 Å². The lowest BCUT2D eigenvalue weighted by Gasteiger charge is -2.20. The van der Waals surface area contributed by atoms with Crippen molar-refractivity contribution in [3.63, 3.8) is 0 Å². The first kappa shape index (κ1) is 14.6. The van der Waals surface area contributed by atoms with Crippen LogP contribution in [0.15, 0.2) is 24.3 Å². The second-order valence-electron chi connectivity index (χ2n) is 5.27. The van der Waals surface area contributed by atoms with E-state index in [1.165, 1.54) is 0 Å². The van der Waals surface area contributed by atoms with Gasteiger partial charge in [-0.1, -0.05) is 23.7 Å². The lowest BCUT2D eigenvalue weighted by atomic mass is 10.0. The molecule has 3 nitrogen and oxygen atoms in total. The summed E-state index contributed by atoms with van der Waals surface area (Å²) in [7, 11) is 0. The fraction of sp³-hybridized carbons (Fsp3) is 0.500. The molecule has 1 aliphatic heterocycles. The molecule has 2 aliphatic rings. The predicted octanol–water partition coefficient (Wildman–Crippen LogP) is 2.48. The van der Waals surface area contributed by atoms with Gasteiger partial charge >= 0.3 is 0 Å². The van der Waals surface area contributed by atoms with Gasteiger partial charge in [0.2, 0.25) is 5.91 Å². The van der Waals surface area contributed by atoms with Crippen molar-refractivity contribution in [2.24, 2.45) is 5.92 Å². The molecule has 1 atom stereocenters. The van der Waals surface area contributed by atoms with Crippen LogP contribution in [0.1, 0.15) is 24.8 Å². The van der Waals surface area contributed by atoms with E-state index in [1.807, 2.05) is 24.3 Å². The molecule has 1 unspecified atom stereocenters. The number of carbonyl (C=O) groups excluding carboxylic acids is 1. The molecule has 0 radical (unpaired) electrons. The third kappa shape index (κ3) is 3.04. The highest BCUT2D eigenvalue weighted by atomic mass is 35.5. The number of halogens is 2. The maximum absolute atomic E-state index is 12.2. The van der Waals surface area contributed by atoms with Gasteiger partial charge in [-0.15, -0.1) is 12.4 Å². The van der Waals surface area contributed by atoms with Crippen molar-refractivity contribution in [1.29, 1.82) is 0 Å². The molecule has 2 fully saturated rings. The third-order valence-electron chi connectivity index (χ3n) is 3.92. The Labute approximate surface area is 124 Å². The zero-order chi connectivity index (χ0) is 12.6. The number of benzene rings is 1. The first-order valence-electron chi connectivity index (χ1n) is 6.48. The summed E-state index contributed by atoms with van der Waals surface area (Å²) in [5.41, 5.74) is 0.985. The topological polar surface area (TPSA) is 41.1 Å². The maximum Gasteiger partial charge on any atom is 0.225 e. The van der Waals surface area contributed by atoms with Gasteiger partial charge in [0.05, 0.1) is 11.5 Å². The fourth-order valence-electron chi connectivity index (χ4n) is 2.61. The Bertz CT molecular complexity index is 468. The molecule has 1 aliphatic carbocycles. The smallest absolute Gasteiger partial charge is 0.225 e. The first-order chi connectivity index (χ1) is 8.70. The van der Waals surface area contributed by atoms with E-state index >= 15 is 0 Å². The standard InChI is InChI=1S/C14H17ClN2O.ClH/c15-12-3-1-2-11(8-12)14(5-6-14)17-13(18)10-4-7-16-9-10;/h1-3,8,10,16H,4-7,9H2,(H,17,18);1H. The number of nitrogens with one attached hydrogen (secondary N) is 2. The summed E-state index contributed by atoms with van der Waals surface area (Å²) >= 11 is 6.02. The molecule has 0 spiro atoms. The summed E-state index contributed by atoms with van der Waals surface area (Å²) in [5, 5.41) is 7.17. The van der Waals surface area contributed by atoms with Gasteiger partial charge in [-0.3, -0.25) is 4.79 Å². The van der Waals surface area contributed by atoms with Crippen molar-refractivity contribution >= 4 is 29.9 Å². The molecule has 0 bridgehead atoms. The van der Waals surface area contributed by atoms with Gasteiger partial charge in [-0.25, -0.2) is 0 Å². The molecule has 1 aromatic rings. The molecule has 1 aromatic carbocycles. The molecule has 1 amide bonds. The molecule has 0 aromatic heterocycles. The van der Waals surface area contributed by atoms with E-state index in [2.05, 4.69) is 10.6 Å². The minimum Gasteiger partial charge on any atom is -0.346 e. The van der Waals surface area contributed by atoms with Crippen molar-refractivity contribution in [1.82, 2.24) is 10.6 Å². The lowest BCUT2D eigenvalue weighted by molar-refractivity contribution is -0.125. The number of amides is 1. The molecule has 3 rings (SSSR count). The normalized spacial score (nSPS) is 23.5. The lowest BCUT2D eigenvalue weighted by Crippen LogP contribution is -2.39. The molecule has 1 heterocycles. The molecule has 1 saturated carbocycles. The maximum atomic E-state index is 12.2. The zero-order valence-electron chi connectivity index (χ0n) is 10.6. The molecule has 2 N–H and O–H groups in total. The predicted molar refractivity (Wildman–Crippen MR) is 78.7 cm³/mol. The molecular weight excluding hydrogens is 283 g/mol. The Hall–Kier alpha value is -0.770. The summed E-state index contributed by atoms with van der Waals surface area (Å²) < 4.78 is 0. The number of rotatable bonds is 3. The minimum absolute atomic E-state index is 0. The fourth-order valence-corrected chi connectivity index (χ4v) is 2.80. The number of hydrogen-bond donors (Lipinski definition) is 2. The van der Waals surface area contributed by atoms with Gasteiger partial charge in [0, 0.05) is 11.6 Å². The molecule has 1 saturated heterocycles. The van der Waals surface area contributed by atoms with Crippen molar-refractivity contribution in [2.75, 3.05) is 13.1 Å². The molecule has 104 valence electrons. The van der Waals surface area contributed by atoms with Crippen molar-refractivity contribution in [2.45, 2.75) is 24.8 Å². The van der Waals surface area contributed by atoms with Gasteiger partial charge in [-0.2, -0.15) is 0 Å². The van der Waals surface area contributed by atoms with Crippen LogP contribution in [0.3, 0.4) is 0 Å². The van der Waals surface area contributed by atoms with Gasteiger partial charge in [0.25, 0.3) is 0 Å². The molecule has 5 heteroatoms. The van der Waals surface area contributed by atoms with Crippen LogP contribution >= 0.6 is 24.0 Å². The first-order valence-corrected chi connectivity index (χ1v) is 6.86. The minimum atomic E-state index is -0.148. The second-order valence-corrected chi connectivity index (χ2v) is 5.71. The van der Waals surface area contributed by atoms with Crippen LogP contribution in [0.4, 0.5) is 0 Å². The third-order valence-corrected chi connectivity index (χ3v) is 4.16. The van der Waals surface area contributed by atoms with Gasteiger partial charge in [0.1, 0.15) is 0 Å². The highest BCUT2D eigenvalue weighted by molar-refractivity contribution is 6.30. The highest BCUT2D eigenvalue weighted by Gasteiger charge is 2.46.